The molecule has 2 aromatic rings. The van der Waals surface area contributed by atoms with Crippen LogP contribution in [0.3, 0.4) is 0 Å². The molecular formula is C19H21NO3S. The Morgan fingerprint density at radius 3 is 2.50 bits per heavy atom. The molecule has 24 heavy (non-hydrogen) atoms. The fourth-order valence-electron chi connectivity index (χ4n) is 2.50. The molecule has 0 bridgehead atoms. The van der Waals surface area contributed by atoms with Gasteiger partial charge in [-0.05, 0) is 43.7 Å². The van der Waals surface area contributed by atoms with Gasteiger partial charge in [0, 0.05) is 4.90 Å². The molecule has 3 rings (SSSR count). The molecule has 0 fully saturated rings. The minimum atomic E-state index is -0.160. The normalized spacial score (nSPS) is 15.4. The first kappa shape index (κ1) is 16.7. The maximum Gasteiger partial charge on any atom is 0.233 e. The Morgan fingerprint density at radius 1 is 1.04 bits per heavy atom. The fourth-order valence-corrected chi connectivity index (χ4v) is 3.40. The van der Waals surface area contributed by atoms with Crippen LogP contribution in [0.4, 0.5) is 0 Å². The van der Waals surface area contributed by atoms with E-state index in [1.54, 1.807) is 11.8 Å². The third-order valence-corrected chi connectivity index (χ3v) is 4.96. The number of nitrogens with one attached hydrogen (secondary N) is 1. The molecule has 0 unspecified atom stereocenters. The van der Waals surface area contributed by atoms with Crippen molar-refractivity contribution in [2.45, 2.75) is 30.0 Å². The van der Waals surface area contributed by atoms with Crippen molar-refractivity contribution in [2.24, 2.45) is 0 Å². The molecule has 126 valence electrons. The molecule has 0 saturated carbocycles. The molecule has 2 atom stereocenters. The van der Waals surface area contributed by atoms with Gasteiger partial charge in [0.15, 0.2) is 11.5 Å². The van der Waals surface area contributed by atoms with Crippen molar-refractivity contribution in [1.82, 2.24) is 5.32 Å². The summed E-state index contributed by atoms with van der Waals surface area (Å²) in [5.41, 5.74) is 1.00. The minimum absolute atomic E-state index is 0.0197. The topological polar surface area (TPSA) is 47.6 Å². The molecule has 2 aromatic carbocycles. The summed E-state index contributed by atoms with van der Waals surface area (Å²) in [6.07, 6.45) is 0. The smallest absolute Gasteiger partial charge is 0.233 e. The summed E-state index contributed by atoms with van der Waals surface area (Å²) in [4.78, 5) is 13.5. The number of benzene rings is 2. The van der Waals surface area contributed by atoms with Crippen LogP contribution in [-0.2, 0) is 4.79 Å². The highest BCUT2D eigenvalue weighted by molar-refractivity contribution is 8.00. The quantitative estimate of drug-likeness (QED) is 0.839. The summed E-state index contributed by atoms with van der Waals surface area (Å²) in [6, 6.07) is 15.7. The maximum atomic E-state index is 12.4. The first-order valence-corrected chi connectivity index (χ1v) is 8.93. The van der Waals surface area contributed by atoms with E-state index < -0.39 is 0 Å². The van der Waals surface area contributed by atoms with E-state index >= 15 is 0 Å². The zero-order chi connectivity index (χ0) is 16.9. The van der Waals surface area contributed by atoms with Crippen molar-refractivity contribution < 1.29 is 14.3 Å². The monoisotopic (exact) mass is 343 g/mol. The van der Waals surface area contributed by atoms with Crippen molar-refractivity contribution >= 4 is 17.7 Å². The summed E-state index contributed by atoms with van der Waals surface area (Å²) >= 11 is 1.55. The molecule has 1 amide bonds. The Morgan fingerprint density at radius 2 is 1.75 bits per heavy atom. The molecule has 1 aliphatic heterocycles. The average molecular weight is 343 g/mol. The Kier molecular flexibility index (Phi) is 5.30. The molecule has 1 heterocycles. The van der Waals surface area contributed by atoms with E-state index in [0.29, 0.717) is 13.2 Å². The van der Waals surface area contributed by atoms with Crippen LogP contribution in [0.25, 0.3) is 0 Å². The van der Waals surface area contributed by atoms with Crippen LogP contribution in [0.1, 0.15) is 25.5 Å². The number of hydrogen-bond acceptors (Lipinski definition) is 4. The van der Waals surface area contributed by atoms with Crippen LogP contribution in [0, 0.1) is 0 Å². The zero-order valence-electron chi connectivity index (χ0n) is 13.8. The zero-order valence-corrected chi connectivity index (χ0v) is 14.6. The van der Waals surface area contributed by atoms with E-state index in [9.17, 15) is 4.79 Å². The second-order valence-electron chi connectivity index (χ2n) is 5.71. The molecule has 0 radical (unpaired) electrons. The fraction of sp³-hybridized carbons (Fsp3) is 0.316. The van der Waals surface area contributed by atoms with Crippen molar-refractivity contribution in [3.63, 3.8) is 0 Å². The number of rotatable bonds is 5. The highest BCUT2D eigenvalue weighted by Gasteiger charge is 2.19. The van der Waals surface area contributed by atoms with Gasteiger partial charge in [-0.2, -0.15) is 0 Å². The number of thioether (sulfide) groups is 1. The lowest BCUT2D eigenvalue weighted by Crippen LogP contribution is -2.33. The predicted molar refractivity (Wildman–Crippen MR) is 95.8 cm³/mol. The Bertz CT molecular complexity index is 705. The second kappa shape index (κ2) is 7.62. The molecule has 4 nitrogen and oxygen atoms in total. The Hall–Kier alpha value is -2.14. The largest absolute Gasteiger partial charge is 0.486 e. The van der Waals surface area contributed by atoms with E-state index in [1.165, 1.54) is 0 Å². The van der Waals surface area contributed by atoms with Crippen LogP contribution >= 0.6 is 11.8 Å². The molecule has 1 aliphatic rings. The average Bonchev–Trinajstić information content (AvgIpc) is 2.62. The standard InChI is InChI=1S/C19H21NO3S/c1-13(15-8-9-17-18(12-15)23-11-10-22-17)20-19(21)14(2)24-16-6-4-3-5-7-16/h3-9,12-14H,10-11H2,1-2H3,(H,20,21)/t13-,14+/m1/s1. The van der Waals surface area contributed by atoms with E-state index in [2.05, 4.69) is 5.32 Å². The first-order valence-electron chi connectivity index (χ1n) is 8.05. The highest BCUT2D eigenvalue weighted by atomic mass is 32.2. The van der Waals surface area contributed by atoms with Crippen molar-refractivity contribution in [2.75, 3.05) is 13.2 Å². The van der Waals surface area contributed by atoms with Gasteiger partial charge in [-0.1, -0.05) is 24.3 Å². The lowest BCUT2D eigenvalue weighted by molar-refractivity contribution is -0.120. The van der Waals surface area contributed by atoms with Crippen LogP contribution < -0.4 is 14.8 Å². The number of amides is 1. The van der Waals surface area contributed by atoms with Gasteiger partial charge in [-0.25, -0.2) is 0 Å². The van der Waals surface area contributed by atoms with Gasteiger partial charge >= 0.3 is 0 Å². The van der Waals surface area contributed by atoms with Gasteiger partial charge in [0.05, 0.1) is 11.3 Å². The van der Waals surface area contributed by atoms with Gasteiger partial charge in [-0.3, -0.25) is 4.79 Å². The lowest BCUT2D eigenvalue weighted by Gasteiger charge is -2.22. The van der Waals surface area contributed by atoms with Gasteiger partial charge in [0.2, 0.25) is 5.91 Å². The van der Waals surface area contributed by atoms with Gasteiger partial charge in [-0.15, -0.1) is 11.8 Å². The van der Waals surface area contributed by atoms with Crippen LogP contribution in [-0.4, -0.2) is 24.4 Å². The van der Waals surface area contributed by atoms with Gasteiger partial charge in [0.1, 0.15) is 13.2 Å². The summed E-state index contributed by atoms with van der Waals surface area (Å²) in [6.45, 7) is 5.03. The molecule has 0 aromatic heterocycles. The minimum Gasteiger partial charge on any atom is -0.486 e. The summed E-state index contributed by atoms with van der Waals surface area (Å²) in [5.74, 6) is 1.52. The van der Waals surface area contributed by atoms with Gasteiger partial charge in [0.25, 0.3) is 0 Å². The third kappa shape index (κ3) is 4.03. The Balaban J connectivity index is 1.61. The summed E-state index contributed by atoms with van der Waals surface area (Å²) in [7, 11) is 0. The number of carbonyl (C=O) groups excluding carboxylic acids is 1. The van der Waals surface area contributed by atoms with E-state index in [-0.39, 0.29) is 17.2 Å². The second-order valence-corrected chi connectivity index (χ2v) is 7.12. The predicted octanol–water partition coefficient (Wildman–Crippen LogP) is 3.82. The maximum absolute atomic E-state index is 12.4. The number of hydrogen-bond donors (Lipinski definition) is 1. The summed E-state index contributed by atoms with van der Waals surface area (Å²) < 4.78 is 11.1. The Labute approximate surface area is 146 Å². The van der Waals surface area contributed by atoms with E-state index in [0.717, 1.165) is 22.0 Å². The number of ether oxygens (including phenoxy) is 2. The van der Waals surface area contributed by atoms with Crippen molar-refractivity contribution in [1.29, 1.82) is 0 Å². The van der Waals surface area contributed by atoms with Gasteiger partial charge < -0.3 is 14.8 Å². The molecule has 0 saturated heterocycles. The molecule has 1 N–H and O–H groups in total. The third-order valence-electron chi connectivity index (χ3n) is 3.85. The SMILES string of the molecule is C[C@H](Sc1ccccc1)C(=O)N[C@H](C)c1ccc2c(c1)OCCO2. The van der Waals surface area contributed by atoms with Crippen LogP contribution in [0.5, 0.6) is 11.5 Å². The van der Waals surface area contributed by atoms with Crippen LogP contribution in [0.15, 0.2) is 53.4 Å². The molecular weight excluding hydrogens is 322 g/mol. The highest BCUT2D eigenvalue weighted by Crippen LogP contribution is 2.32. The lowest BCUT2D eigenvalue weighted by atomic mass is 10.1. The van der Waals surface area contributed by atoms with Crippen LogP contribution in [0.2, 0.25) is 0 Å². The first-order chi connectivity index (χ1) is 11.6. The van der Waals surface area contributed by atoms with Crippen molar-refractivity contribution in [3.05, 3.63) is 54.1 Å². The summed E-state index contributed by atoms with van der Waals surface area (Å²) in [5, 5.41) is 2.91. The number of fused-ring (bicyclic) bond motifs is 1. The molecule has 0 aliphatic carbocycles. The molecule has 0 spiro atoms. The van der Waals surface area contributed by atoms with Crippen molar-refractivity contribution in [3.8, 4) is 11.5 Å². The van der Waals surface area contributed by atoms with E-state index in [4.69, 9.17) is 9.47 Å². The molecule has 5 heteroatoms. The van der Waals surface area contributed by atoms with E-state index in [1.807, 2.05) is 62.4 Å². The number of carbonyl (C=O) groups is 1.